The lowest BCUT2D eigenvalue weighted by Gasteiger charge is -2.01. The summed E-state index contributed by atoms with van der Waals surface area (Å²) in [6.45, 7) is 1.95. The molecule has 0 saturated carbocycles. The normalized spacial score (nSPS) is 11.2. The van der Waals surface area contributed by atoms with Crippen LogP contribution in [0.2, 0.25) is 5.02 Å². The topological polar surface area (TPSA) is 28.7 Å². The zero-order chi connectivity index (χ0) is 13.6. The van der Waals surface area contributed by atoms with E-state index in [0.717, 1.165) is 23.2 Å². The fourth-order valence-corrected chi connectivity index (χ4v) is 2.11. The van der Waals surface area contributed by atoms with Crippen molar-refractivity contribution in [3.63, 3.8) is 0 Å². The molecule has 2 nitrogen and oxygen atoms in total. The molecule has 1 aromatic heterocycles. The van der Waals surface area contributed by atoms with Crippen molar-refractivity contribution in [2.24, 2.45) is 0 Å². The highest BCUT2D eigenvalue weighted by Gasteiger charge is 2.13. The number of nitrogens with one attached hydrogen (secondary N) is 1. The van der Waals surface area contributed by atoms with Crippen LogP contribution < -0.4 is 0 Å². The molecule has 0 bridgehead atoms. The third-order valence-electron chi connectivity index (χ3n) is 2.90. The summed E-state index contributed by atoms with van der Waals surface area (Å²) in [5.41, 5.74) is 2.61. The number of fused-ring (bicyclic) bond motifs is 1. The second kappa shape index (κ2) is 4.31. The number of aromatic nitrogens is 2. The molecule has 0 amide bonds. The van der Waals surface area contributed by atoms with Crippen LogP contribution in [0.25, 0.3) is 22.4 Å². The van der Waals surface area contributed by atoms with Gasteiger partial charge in [-0.3, -0.25) is 0 Å². The molecule has 5 heteroatoms. The van der Waals surface area contributed by atoms with E-state index in [1.165, 1.54) is 0 Å². The van der Waals surface area contributed by atoms with Crippen LogP contribution in [0.4, 0.5) is 8.78 Å². The summed E-state index contributed by atoms with van der Waals surface area (Å²) in [5, 5.41) is -0.242. The molecule has 1 heterocycles. The first-order valence-corrected chi connectivity index (χ1v) is 6.03. The van der Waals surface area contributed by atoms with Crippen LogP contribution in [0.3, 0.4) is 0 Å². The van der Waals surface area contributed by atoms with Crippen LogP contribution in [0, 0.1) is 18.6 Å². The zero-order valence-corrected chi connectivity index (χ0v) is 10.7. The first-order chi connectivity index (χ1) is 9.04. The number of nitrogens with zero attached hydrogens (tertiary/aromatic N) is 1. The van der Waals surface area contributed by atoms with Gasteiger partial charge in [0.25, 0.3) is 0 Å². The van der Waals surface area contributed by atoms with Gasteiger partial charge in [-0.2, -0.15) is 0 Å². The monoisotopic (exact) mass is 278 g/mol. The zero-order valence-electron chi connectivity index (χ0n) is 9.97. The van der Waals surface area contributed by atoms with E-state index in [1.54, 1.807) is 0 Å². The van der Waals surface area contributed by atoms with Crippen molar-refractivity contribution in [2.45, 2.75) is 6.92 Å². The second-order valence-electron chi connectivity index (χ2n) is 4.35. The minimum absolute atomic E-state index is 0.0655. The minimum atomic E-state index is -0.672. The Labute approximate surface area is 113 Å². The summed E-state index contributed by atoms with van der Waals surface area (Å²) in [6, 6.07) is 7.63. The quantitative estimate of drug-likeness (QED) is 0.654. The highest BCUT2D eigenvalue weighted by atomic mass is 35.5. The molecule has 0 aliphatic rings. The van der Waals surface area contributed by atoms with Crippen molar-refractivity contribution in [1.29, 1.82) is 0 Å². The van der Waals surface area contributed by atoms with Gasteiger partial charge in [0.2, 0.25) is 0 Å². The van der Waals surface area contributed by atoms with E-state index in [9.17, 15) is 8.78 Å². The predicted octanol–water partition coefficient (Wildman–Crippen LogP) is 4.47. The van der Waals surface area contributed by atoms with Crippen molar-refractivity contribution < 1.29 is 8.78 Å². The average Bonchev–Trinajstić information content (AvgIpc) is 2.76. The Kier molecular flexibility index (Phi) is 2.75. The first-order valence-electron chi connectivity index (χ1n) is 5.66. The Morgan fingerprint density at radius 1 is 1.11 bits per heavy atom. The number of benzene rings is 2. The Bertz CT molecular complexity index is 780. The Morgan fingerprint density at radius 2 is 1.89 bits per heavy atom. The number of hydrogen-bond donors (Lipinski definition) is 1. The fraction of sp³-hybridized carbons (Fsp3) is 0.0714. The molecule has 0 saturated heterocycles. The molecule has 0 fully saturated rings. The van der Waals surface area contributed by atoms with Crippen LogP contribution >= 0.6 is 11.6 Å². The number of rotatable bonds is 1. The fourth-order valence-electron chi connectivity index (χ4n) is 1.96. The molecule has 0 aliphatic heterocycles. The molecular formula is C14H9ClF2N2. The van der Waals surface area contributed by atoms with Gasteiger partial charge in [0.05, 0.1) is 21.6 Å². The first kappa shape index (κ1) is 12.1. The molecule has 0 aliphatic carbocycles. The van der Waals surface area contributed by atoms with E-state index < -0.39 is 11.6 Å². The highest BCUT2D eigenvalue weighted by molar-refractivity contribution is 6.30. The number of imidazole rings is 1. The van der Waals surface area contributed by atoms with Crippen molar-refractivity contribution in [3.05, 3.63) is 52.6 Å². The Balaban J connectivity index is 2.21. The van der Waals surface area contributed by atoms with Crippen molar-refractivity contribution in [1.82, 2.24) is 9.97 Å². The Morgan fingerprint density at radius 3 is 2.68 bits per heavy atom. The molecule has 2 aromatic carbocycles. The molecule has 96 valence electrons. The maximum Gasteiger partial charge on any atom is 0.142 e. The molecule has 1 N–H and O–H groups in total. The number of aryl methyl sites for hydroxylation is 1. The maximum absolute atomic E-state index is 13.8. The SMILES string of the molecule is Cc1ccc2nc(-c3cc(F)c(Cl)cc3F)[nH]c2c1. The largest absolute Gasteiger partial charge is 0.338 e. The van der Waals surface area contributed by atoms with Gasteiger partial charge in [-0.05, 0) is 36.8 Å². The molecule has 0 unspecified atom stereocenters. The van der Waals surface area contributed by atoms with Crippen molar-refractivity contribution in [2.75, 3.05) is 0 Å². The second-order valence-corrected chi connectivity index (χ2v) is 4.76. The van der Waals surface area contributed by atoms with Crippen molar-refractivity contribution in [3.8, 4) is 11.4 Å². The summed E-state index contributed by atoms with van der Waals surface area (Å²) in [7, 11) is 0. The number of H-pyrrole nitrogens is 1. The van der Waals surface area contributed by atoms with Crippen molar-refractivity contribution >= 4 is 22.6 Å². The summed E-state index contributed by atoms with van der Waals surface area (Å²) >= 11 is 5.53. The van der Waals surface area contributed by atoms with Crippen LogP contribution in [0.5, 0.6) is 0 Å². The minimum Gasteiger partial charge on any atom is -0.338 e. The van der Waals surface area contributed by atoms with E-state index in [0.29, 0.717) is 5.52 Å². The third-order valence-corrected chi connectivity index (χ3v) is 3.19. The molecule has 0 spiro atoms. The van der Waals surface area contributed by atoms with Gasteiger partial charge in [0.15, 0.2) is 0 Å². The number of hydrogen-bond acceptors (Lipinski definition) is 1. The summed E-state index contributed by atoms with van der Waals surface area (Å²) < 4.78 is 27.2. The lowest BCUT2D eigenvalue weighted by atomic mass is 10.2. The maximum atomic E-state index is 13.8. The van der Waals surface area contributed by atoms with E-state index >= 15 is 0 Å². The van der Waals surface area contributed by atoms with E-state index in [-0.39, 0.29) is 16.4 Å². The van der Waals surface area contributed by atoms with Crippen LogP contribution in [-0.4, -0.2) is 9.97 Å². The van der Waals surface area contributed by atoms with Crippen LogP contribution in [-0.2, 0) is 0 Å². The summed E-state index contributed by atoms with van der Waals surface area (Å²) in [4.78, 5) is 7.23. The van der Waals surface area contributed by atoms with Crippen LogP contribution in [0.15, 0.2) is 30.3 Å². The van der Waals surface area contributed by atoms with Crippen LogP contribution in [0.1, 0.15) is 5.56 Å². The molecule has 3 rings (SSSR count). The van der Waals surface area contributed by atoms with Gasteiger partial charge in [0.1, 0.15) is 17.5 Å². The Hall–Kier alpha value is -1.94. The molecule has 0 atom stereocenters. The van der Waals surface area contributed by atoms with E-state index in [2.05, 4.69) is 9.97 Å². The third kappa shape index (κ3) is 2.08. The van der Waals surface area contributed by atoms with Gasteiger partial charge in [0, 0.05) is 0 Å². The molecule has 0 radical (unpaired) electrons. The molecule has 19 heavy (non-hydrogen) atoms. The lowest BCUT2D eigenvalue weighted by molar-refractivity contribution is 0.602. The standard InChI is InChI=1S/C14H9ClF2N2/c1-7-2-3-12-13(4-7)19-14(18-12)8-5-11(17)9(15)6-10(8)16/h2-6H,1H3,(H,18,19). The summed E-state index contributed by atoms with van der Waals surface area (Å²) in [6.07, 6.45) is 0. The molecule has 3 aromatic rings. The van der Waals surface area contributed by atoms with E-state index in [4.69, 9.17) is 11.6 Å². The number of aromatic amines is 1. The van der Waals surface area contributed by atoms with E-state index in [1.807, 2.05) is 25.1 Å². The average molecular weight is 279 g/mol. The lowest BCUT2D eigenvalue weighted by Crippen LogP contribution is -1.89. The van der Waals surface area contributed by atoms with Gasteiger partial charge in [-0.1, -0.05) is 17.7 Å². The highest BCUT2D eigenvalue weighted by Crippen LogP contribution is 2.27. The molecular weight excluding hydrogens is 270 g/mol. The van der Waals surface area contributed by atoms with Gasteiger partial charge in [-0.25, -0.2) is 13.8 Å². The van der Waals surface area contributed by atoms with Gasteiger partial charge < -0.3 is 4.98 Å². The predicted molar refractivity (Wildman–Crippen MR) is 71.2 cm³/mol. The van der Waals surface area contributed by atoms with Gasteiger partial charge >= 0.3 is 0 Å². The smallest absolute Gasteiger partial charge is 0.142 e. The summed E-state index contributed by atoms with van der Waals surface area (Å²) in [5.74, 6) is -0.995. The van der Waals surface area contributed by atoms with Gasteiger partial charge in [-0.15, -0.1) is 0 Å². The number of halogens is 3.